The van der Waals surface area contributed by atoms with E-state index >= 15 is 0 Å². The molecule has 0 aliphatic rings. The van der Waals surface area contributed by atoms with Crippen molar-refractivity contribution in [1.82, 2.24) is 5.32 Å². The average Bonchev–Trinajstić information content (AvgIpc) is 2.35. The monoisotopic (exact) mass is 245 g/mol. The van der Waals surface area contributed by atoms with Gasteiger partial charge in [0, 0.05) is 19.8 Å². The van der Waals surface area contributed by atoms with E-state index in [-0.39, 0.29) is 5.91 Å². The summed E-state index contributed by atoms with van der Waals surface area (Å²) >= 11 is 0. The van der Waals surface area contributed by atoms with E-state index in [9.17, 15) is 4.79 Å². The molecule has 4 nitrogen and oxygen atoms in total. The molecule has 0 spiro atoms. The normalized spacial score (nSPS) is 14.4. The number of carbonyl (C=O) groups is 1. The van der Waals surface area contributed by atoms with Crippen LogP contribution in [-0.2, 0) is 14.3 Å². The third-order valence-corrected chi connectivity index (χ3v) is 2.83. The van der Waals surface area contributed by atoms with E-state index in [4.69, 9.17) is 9.47 Å². The van der Waals surface area contributed by atoms with Crippen molar-refractivity contribution in [3.8, 4) is 0 Å². The highest BCUT2D eigenvalue weighted by Crippen LogP contribution is 2.21. The van der Waals surface area contributed by atoms with Gasteiger partial charge in [0.15, 0.2) is 0 Å². The van der Waals surface area contributed by atoms with Gasteiger partial charge in [0.05, 0.1) is 18.6 Å². The molecule has 0 bridgehead atoms. The van der Waals surface area contributed by atoms with E-state index in [2.05, 4.69) is 12.2 Å². The number of carbonyl (C=O) groups excluding carboxylic acids is 1. The summed E-state index contributed by atoms with van der Waals surface area (Å²) in [5.74, 6) is 0.0496. The first-order valence-electron chi connectivity index (χ1n) is 6.54. The Balaban J connectivity index is 3.90. The molecule has 102 valence electrons. The minimum absolute atomic E-state index is 0.0496. The maximum absolute atomic E-state index is 12.0. The van der Waals surface area contributed by atoms with E-state index in [0.29, 0.717) is 26.4 Å². The number of nitrogens with one attached hydrogen (secondary N) is 1. The van der Waals surface area contributed by atoms with Gasteiger partial charge >= 0.3 is 0 Å². The first-order valence-corrected chi connectivity index (χ1v) is 6.54. The minimum Gasteiger partial charge on any atom is -0.381 e. The molecule has 17 heavy (non-hydrogen) atoms. The van der Waals surface area contributed by atoms with Crippen LogP contribution in [0.5, 0.6) is 0 Å². The van der Waals surface area contributed by atoms with E-state index in [1.54, 1.807) is 0 Å². The fourth-order valence-corrected chi connectivity index (χ4v) is 1.35. The van der Waals surface area contributed by atoms with Crippen LogP contribution in [-0.4, -0.2) is 38.9 Å². The summed E-state index contributed by atoms with van der Waals surface area (Å²) in [4.78, 5) is 12.0. The van der Waals surface area contributed by atoms with Crippen molar-refractivity contribution in [3.05, 3.63) is 0 Å². The van der Waals surface area contributed by atoms with Crippen molar-refractivity contribution < 1.29 is 14.3 Å². The SMILES string of the molecule is CCCOCCNC(=O)C(C)(CC)COCC. The van der Waals surface area contributed by atoms with Crippen LogP contribution in [0.3, 0.4) is 0 Å². The second-order valence-electron chi connectivity index (χ2n) is 4.42. The van der Waals surface area contributed by atoms with Crippen molar-refractivity contribution in [2.75, 3.05) is 33.0 Å². The van der Waals surface area contributed by atoms with Crippen LogP contribution in [0.1, 0.15) is 40.5 Å². The number of amides is 1. The molecule has 0 aliphatic carbocycles. The predicted molar refractivity (Wildman–Crippen MR) is 69.0 cm³/mol. The molecule has 1 unspecified atom stereocenters. The maximum atomic E-state index is 12.0. The van der Waals surface area contributed by atoms with Gasteiger partial charge < -0.3 is 14.8 Å². The van der Waals surface area contributed by atoms with Gasteiger partial charge in [0.25, 0.3) is 0 Å². The van der Waals surface area contributed by atoms with Crippen LogP contribution < -0.4 is 5.32 Å². The number of hydrogen-bond acceptors (Lipinski definition) is 3. The fraction of sp³-hybridized carbons (Fsp3) is 0.923. The first-order chi connectivity index (χ1) is 8.10. The Morgan fingerprint density at radius 2 is 1.88 bits per heavy atom. The smallest absolute Gasteiger partial charge is 0.228 e. The average molecular weight is 245 g/mol. The van der Waals surface area contributed by atoms with Crippen molar-refractivity contribution in [3.63, 3.8) is 0 Å². The van der Waals surface area contributed by atoms with Crippen LogP contribution in [0.2, 0.25) is 0 Å². The van der Waals surface area contributed by atoms with Crippen LogP contribution in [0.25, 0.3) is 0 Å². The van der Waals surface area contributed by atoms with Crippen LogP contribution in [0.4, 0.5) is 0 Å². The molecule has 0 radical (unpaired) electrons. The lowest BCUT2D eigenvalue weighted by Crippen LogP contribution is -2.43. The molecule has 0 saturated carbocycles. The number of rotatable bonds is 10. The van der Waals surface area contributed by atoms with Gasteiger partial charge in [-0.15, -0.1) is 0 Å². The molecule has 1 N–H and O–H groups in total. The Hall–Kier alpha value is -0.610. The van der Waals surface area contributed by atoms with Crippen LogP contribution in [0.15, 0.2) is 0 Å². The zero-order chi connectivity index (χ0) is 13.1. The van der Waals surface area contributed by atoms with Crippen molar-refractivity contribution >= 4 is 5.91 Å². The third kappa shape index (κ3) is 6.64. The summed E-state index contributed by atoms with van der Waals surface area (Å²) < 4.78 is 10.7. The zero-order valence-corrected chi connectivity index (χ0v) is 11.7. The largest absolute Gasteiger partial charge is 0.381 e. The summed E-state index contributed by atoms with van der Waals surface area (Å²) in [5, 5.41) is 2.90. The Kier molecular flexibility index (Phi) is 9.09. The zero-order valence-electron chi connectivity index (χ0n) is 11.7. The van der Waals surface area contributed by atoms with E-state index in [0.717, 1.165) is 19.4 Å². The molecular formula is C13H27NO3. The third-order valence-electron chi connectivity index (χ3n) is 2.83. The highest BCUT2D eigenvalue weighted by atomic mass is 16.5. The van der Waals surface area contributed by atoms with Gasteiger partial charge in [0.1, 0.15) is 0 Å². The van der Waals surface area contributed by atoms with E-state index in [1.807, 2.05) is 20.8 Å². The van der Waals surface area contributed by atoms with Crippen molar-refractivity contribution in [2.45, 2.75) is 40.5 Å². The molecular weight excluding hydrogens is 218 g/mol. The maximum Gasteiger partial charge on any atom is 0.228 e. The molecule has 0 saturated heterocycles. The predicted octanol–water partition coefficient (Wildman–Crippen LogP) is 1.98. The van der Waals surface area contributed by atoms with Gasteiger partial charge in [-0.2, -0.15) is 0 Å². The second kappa shape index (κ2) is 9.42. The van der Waals surface area contributed by atoms with Gasteiger partial charge in [-0.3, -0.25) is 4.79 Å². The molecule has 0 fully saturated rings. The Morgan fingerprint density at radius 1 is 1.18 bits per heavy atom. The van der Waals surface area contributed by atoms with Crippen LogP contribution in [0, 0.1) is 5.41 Å². The Morgan fingerprint density at radius 3 is 2.41 bits per heavy atom. The number of hydrogen-bond donors (Lipinski definition) is 1. The van der Waals surface area contributed by atoms with Gasteiger partial charge in [-0.25, -0.2) is 0 Å². The molecule has 0 aromatic carbocycles. The lowest BCUT2D eigenvalue weighted by atomic mass is 9.87. The Bertz CT molecular complexity index is 209. The van der Waals surface area contributed by atoms with E-state index in [1.165, 1.54) is 0 Å². The summed E-state index contributed by atoms with van der Waals surface area (Å²) in [6.45, 7) is 11.0. The highest BCUT2D eigenvalue weighted by molar-refractivity contribution is 5.82. The lowest BCUT2D eigenvalue weighted by molar-refractivity contribution is -0.134. The van der Waals surface area contributed by atoms with Gasteiger partial charge in [-0.05, 0) is 26.7 Å². The second-order valence-corrected chi connectivity index (χ2v) is 4.42. The quantitative estimate of drug-likeness (QED) is 0.599. The van der Waals surface area contributed by atoms with Crippen molar-refractivity contribution in [1.29, 1.82) is 0 Å². The number of ether oxygens (including phenoxy) is 2. The molecule has 1 amide bonds. The first kappa shape index (κ1) is 16.4. The molecule has 0 aromatic rings. The molecule has 0 rings (SSSR count). The topological polar surface area (TPSA) is 47.6 Å². The summed E-state index contributed by atoms with van der Waals surface area (Å²) in [6, 6.07) is 0. The lowest BCUT2D eigenvalue weighted by Gasteiger charge is -2.26. The van der Waals surface area contributed by atoms with Crippen LogP contribution >= 0.6 is 0 Å². The molecule has 1 atom stereocenters. The van der Waals surface area contributed by atoms with Gasteiger partial charge in [-0.1, -0.05) is 13.8 Å². The van der Waals surface area contributed by atoms with Gasteiger partial charge in [0.2, 0.25) is 5.91 Å². The molecule has 4 heteroatoms. The summed E-state index contributed by atoms with van der Waals surface area (Å²) in [7, 11) is 0. The summed E-state index contributed by atoms with van der Waals surface area (Å²) in [5.41, 5.74) is -0.430. The summed E-state index contributed by atoms with van der Waals surface area (Å²) in [6.07, 6.45) is 1.78. The Labute approximate surface area is 105 Å². The molecule has 0 heterocycles. The fourth-order valence-electron chi connectivity index (χ4n) is 1.35. The van der Waals surface area contributed by atoms with Crippen molar-refractivity contribution in [2.24, 2.45) is 5.41 Å². The molecule has 0 aliphatic heterocycles. The minimum atomic E-state index is -0.430. The van der Waals surface area contributed by atoms with E-state index < -0.39 is 5.41 Å². The molecule has 0 aromatic heterocycles. The highest BCUT2D eigenvalue weighted by Gasteiger charge is 2.31. The standard InChI is InChI=1S/C13H27NO3/c1-5-9-17-10-8-14-12(15)13(4,6-2)11-16-7-3/h5-11H2,1-4H3,(H,14,15).